The standard InChI is InChI=1S/C12H20O5/c13-10(9-12(16)17)7-5-3-1-2-4-6-8-11(14)15/h4,6,10,13H,1-3,5,7-9H2,(H,14,15)(H,16,17)/b6-4+. The molecule has 0 spiro atoms. The molecule has 1 unspecified atom stereocenters. The van der Waals surface area contributed by atoms with Gasteiger partial charge in [-0.3, -0.25) is 9.59 Å². The molecule has 5 nitrogen and oxygen atoms in total. The van der Waals surface area contributed by atoms with E-state index in [1.807, 2.05) is 6.08 Å². The number of hydrogen-bond donors (Lipinski definition) is 3. The average Bonchev–Trinajstić information content (AvgIpc) is 2.20. The Balaban J connectivity index is 3.31. The number of aliphatic carboxylic acids is 2. The largest absolute Gasteiger partial charge is 0.481 e. The summed E-state index contributed by atoms with van der Waals surface area (Å²) < 4.78 is 0. The minimum Gasteiger partial charge on any atom is -0.481 e. The lowest BCUT2D eigenvalue weighted by Crippen LogP contribution is -2.12. The van der Waals surface area contributed by atoms with E-state index in [0.29, 0.717) is 6.42 Å². The van der Waals surface area contributed by atoms with E-state index in [4.69, 9.17) is 10.2 Å². The first-order valence-corrected chi connectivity index (χ1v) is 5.79. The quantitative estimate of drug-likeness (QED) is 0.402. The Morgan fingerprint density at radius 1 is 1.00 bits per heavy atom. The van der Waals surface area contributed by atoms with Crippen LogP contribution in [-0.4, -0.2) is 33.4 Å². The summed E-state index contributed by atoms with van der Waals surface area (Å²) in [7, 11) is 0. The molecule has 0 fully saturated rings. The van der Waals surface area contributed by atoms with Crippen LogP contribution in [0.3, 0.4) is 0 Å². The van der Waals surface area contributed by atoms with Crippen LogP contribution in [0.4, 0.5) is 0 Å². The van der Waals surface area contributed by atoms with Crippen molar-refractivity contribution in [2.24, 2.45) is 0 Å². The SMILES string of the molecule is O=C(O)C/C=C/CCCCCC(O)CC(=O)O. The molecule has 1 atom stereocenters. The normalized spacial score (nSPS) is 12.8. The zero-order chi connectivity index (χ0) is 13.1. The van der Waals surface area contributed by atoms with Gasteiger partial charge in [0.2, 0.25) is 0 Å². The maximum Gasteiger partial charge on any atom is 0.307 e. The lowest BCUT2D eigenvalue weighted by Gasteiger charge is -2.06. The van der Waals surface area contributed by atoms with E-state index >= 15 is 0 Å². The molecule has 0 rings (SSSR count). The van der Waals surface area contributed by atoms with Gasteiger partial charge >= 0.3 is 11.9 Å². The molecular weight excluding hydrogens is 224 g/mol. The highest BCUT2D eigenvalue weighted by molar-refractivity contribution is 5.68. The van der Waals surface area contributed by atoms with Gasteiger partial charge in [-0.05, 0) is 19.3 Å². The molecule has 0 amide bonds. The van der Waals surface area contributed by atoms with Gasteiger partial charge in [-0.1, -0.05) is 25.0 Å². The van der Waals surface area contributed by atoms with Gasteiger partial charge < -0.3 is 15.3 Å². The molecule has 0 aromatic carbocycles. The van der Waals surface area contributed by atoms with Crippen molar-refractivity contribution in [2.75, 3.05) is 0 Å². The van der Waals surface area contributed by atoms with Crippen LogP contribution >= 0.6 is 0 Å². The van der Waals surface area contributed by atoms with Gasteiger partial charge in [0, 0.05) is 0 Å². The third-order valence-corrected chi connectivity index (χ3v) is 2.28. The van der Waals surface area contributed by atoms with Crippen LogP contribution in [0.25, 0.3) is 0 Å². The summed E-state index contributed by atoms with van der Waals surface area (Å²) in [6.07, 6.45) is 6.52. The van der Waals surface area contributed by atoms with Crippen LogP contribution in [0, 0.1) is 0 Å². The third kappa shape index (κ3) is 12.6. The molecule has 0 saturated heterocycles. The number of carbonyl (C=O) groups is 2. The summed E-state index contributed by atoms with van der Waals surface area (Å²) in [5.41, 5.74) is 0. The van der Waals surface area contributed by atoms with Crippen LogP contribution in [0.1, 0.15) is 44.9 Å². The Hall–Kier alpha value is -1.36. The van der Waals surface area contributed by atoms with Crippen LogP contribution in [-0.2, 0) is 9.59 Å². The second kappa shape index (κ2) is 9.84. The van der Waals surface area contributed by atoms with Crippen molar-refractivity contribution < 1.29 is 24.9 Å². The van der Waals surface area contributed by atoms with Crippen molar-refractivity contribution in [1.29, 1.82) is 0 Å². The Labute approximate surface area is 101 Å². The number of unbranched alkanes of at least 4 members (excludes halogenated alkanes) is 3. The molecule has 0 aromatic heterocycles. The summed E-state index contributed by atoms with van der Waals surface area (Å²) in [5.74, 6) is -1.81. The van der Waals surface area contributed by atoms with E-state index in [0.717, 1.165) is 25.7 Å². The second-order valence-electron chi connectivity index (χ2n) is 3.96. The van der Waals surface area contributed by atoms with Gasteiger partial charge in [0.05, 0.1) is 18.9 Å². The first-order chi connectivity index (χ1) is 8.02. The van der Waals surface area contributed by atoms with Crippen molar-refractivity contribution >= 4 is 11.9 Å². The fourth-order valence-electron chi connectivity index (χ4n) is 1.42. The number of aliphatic hydroxyl groups is 1. The summed E-state index contributed by atoms with van der Waals surface area (Å²) in [6.45, 7) is 0. The van der Waals surface area contributed by atoms with Crippen molar-refractivity contribution in [3.63, 3.8) is 0 Å². The summed E-state index contributed by atoms with van der Waals surface area (Å²) in [4.78, 5) is 20.4. The summed E-state index contributed by atoms with van der Waals surface area (Å²) in [6, 6.07) is 0. The van der Waals surface area contributed by atoms with Crippen LogP contribution < -0.4 is 0 Å². The monoisotopic (exact) mass is 244 g/mol. The molecular formula is C12H20O5. The number of allylic oxidation sites excluding steroid dienone is 1. The van der Waals surface area contributed by atoms with Gasteiger partial charge in [0.15, 0.2) is 0 Å². The first-order valence-electron chi connectivity index (χ1n) is 5.79. The lowest BCUT2D eigenvalue weighted by molar-refractivity contribution is -0.139. The molecule has 3 N–H and O–H groups in total. The maximum atomic E-state index is 10.3. The zero-order valence-corrected chi connectivity index (χ0v) is 9.84. The van der Waals surface area contributed by atoms with Crippen molar-refractivity contribution in [2.45, 2.75) is 51.0 Å². The molecule has 5 heteroatoms. The van der Waals surface area contributed by atoms with Crippen molar-refractivity contribution in [3.8, 4) is 0 Å². The predicted molar refractivity (Wildman–Crippen MR) is 62.7 cm³/mol. The van der Waals surface area contributed by atoms with Gasteiger partial charge in [-0.15, -0.1) is 0 Å². The smallest absolute Gasteiger partial charge is 0.307 e. The van der Waals surface area contributed by atoms with Crippen LogP contribution in [0.2, 0.25) is 0 Å². The minimum absolute atomic E-state index is 0.0529. The van der Waals surface area contributed by atoms with Gasteiger partial charge in [0.1, 0.15) is 0 Å². The van der Waals surface area contributed by atoms with E-state index in [1.165, 1.54) is 0 Å². The Morgan fingerprint density at radius 3 is 2.29 bits per heavy atom. The highest BCUT2D eigenvalue weighted by atomic mass is 16.4. The Bertz CT molecular complexity index is 260. The topological polar surface area (TPSA) is 94.8 Å². The van der Waals surface area contributed by atoms with Crippen molar-refractivity contribution in [3.05, 3.63) is 12.2 Å². The highest BCUT2D eigenvalue weighted by Crippen LogP contribution is 2.08. The van der Waals surface area contributed by atoms with Crippen LogP contribution in [0.5, 0.6) is 0 Å². The fourth-order valence-corrected chi connectivity index (χ4v) is 1.42. The number of carboxylic acid groups (broad SMARTS) is 2. The van der Waals surface area contributed by atoms with E-state index in [1.54, 1.807) is 6.08 Å². The van der Waals surface area contributed by atoms with E-state index < -0.39 is 18.0 Å². The van der Waals surface area contributed by atoms with Crippen LogP contribution in [0.15, 0.2) is 12.2 Å². The maximum absolute atomic E-state index is 10.3. The number of rotatable bonds is 10. The molecule has 98 valence electrons. The molecule has 0 heterocycles. The van der Waals surface area contributed by atoms with Gasteiger partial charge in [-0.25, -0.2) is 0 Å². The van der Waals surface area contributed by atoms with Gasteiger partial charge in [-0.2, -0.15) is 0 Å². The lowest BCUT2D eigenvalue weighted by atomic mass is 10.1. The molecule has 0 radical (unpaired) electrons. The molecule has 0 bridgehead atoms. The Kier molecular flexibility index (Phi) is 9.05. The Morgan fingerprint density at radius 2 is 1.71 bits per heavy atom. The fraction of sp³-hybridized carbons (Fsp3) is 0.667. The molecule has 17 heavy (non-hydrogen) atoms. The predicted octanol–water partition coefficient (Wildman–Crippen LogP) is 1.80. The highest BCUT2D eigenvalue weighted by Gasteiger charge is 2.08. The van der Waals surface area contributed by atoms with Crippen molar-refractivity contribution in [1.82, 2.24) is 0 Å². The first kappa shape index (κ1) is 15.6. The number of aliphatic hydroxyl groups excluding tert-OH is 1. The van der Waals surface area contributed by atoms with E-state index in [-0.39, 0.29) is 12.8 Å². The molecule has 0 aliphatic carbocycles. The summed E-state index contributed by atoms with van der Waals surface area (Å²) >= 11 is 0. The third-order valence-electron chi connectivity index (χ3n) is 2.28. The second-order valence-corrected chi connectivity index (χ2v) is 3.96. The van der Waals surface area contributed by atoms with Gasteiger partial charge in [0.25, 0.3) is 0 Å². The number of hydrogen-bond acceptors (Lipinski definition) is 3. The molecule has 0 saturated carbocycles. The molecule has 0 aromatic rings. The minimum atomic E-state index is -0.978. The average molecular weight is 244 g/mol. The zero-order valence-electron chi connectivity index (χ0n) is 9.84. The number of carboxylic acids is 2. The van der Waals surface area contributed by atoms with E-state index in [2.05, 4.69) is 0 Å². The molecule has 0 aliphatic rings. The molecule has 0 aliphatic heterocycles. The van der Waals surface area contributed by atoms with E-state index in [9.17, 15) is 14.7 Å². The summed E-state index contributed by atoms with van der Waals surface area (Å²) in [5, 5.41) is 26.0.